The Hall–Kier alpha value is -5.76. The zero-order chi connectivity index (χ0) is 30.0. The fraction of sp³-hybridized carbons (Fsp3) is 0.129. The lowest BCUT2D eigenvalue weighted by Crippen LogP contribution is -2.32. The normalized spacial score (nSPS) is 11.8. The average Bonchev–Trinajstić information content (AvgIpc) is 3.50. The van der Waals surface area contributed by atoms with Gasteiger partial charge in [-0.25, -0.2) is 14.1 Å². The standard InChI is InChI=1S/C31H27FN8O2/c1-5-14-34-29-27(28(33)37-39(29)4)30(41)36-19(2)25-15-22-9-6-8-21(13-12-20-17-35-38(3)18-20)26(22)31(42)40(25)24-11-7-10-23(32)16-24/h5-11,14-19H,1H2,2-4H3,(H2,33,37)(H,36,41)/b34-14-. The van der Waals surface area contributed by atoms with Gasteiger partial charge in [-0.2, -0.15) is 10.2 Å². The van der Waals surface area contributed by atoms with Crippen molar-refractivity contribution >= 4 is 34.5 Å². The zero-order valence-electron chi connectivity index (χ0n) is 23.2. The number of hydrogen-bond acceptors (Lipinski definition) is 6. The molecule has 10 nitrogen and oxygen atoms in total. The largest absolute Gasteiger partial charge is 0.381 e. The van der Waals surface area contributed by atoms with E-state index in [1.165, 1.54) is 39.7 Å². The van der Waals surface area contributed by atoms with E-state index in [1.54, 1.807) is 68.4 Å². The predicted octanol–water partition coefficient (Wildman–Crippen LogP) is 3.96. The summed E-state index contributed by atoms with van der Waals surface area (Å²) in [5, 5.41) is 12.1. The van der Waals surface area contributed by atoms with Crippen LogP contribution in [0.25, 0.3) is 16.5 Å². The summed E-state index contributed by atoms with van der Waals surface area (Å²) >= 11 is 0. The molecule has 0 aliphatic carbocycles. The Morgan fingerprint density at radius 2 is 1.98 bits per heavy atom. The maximum Gasteiger partial charge on any atom is 0.264 e. The molecular formula is C31H27FN8O2. The van der Waals surface area contributed by atoms with E-state index in [1.807, 2.05) is 0 Å². The third kappa shape index (κ3) is 5.33. The molecule has 0 saturated heterocycles. The first-order chi connectivity index (χ1) is 20.2. The fourth-order valence-electron chi connectivity index (χ4n) is 4.68. The van der Waals surface area contributed by atoms with Crippen molar-refractivity contribution in [1.29, 1.82) is 0 Å². The quantitative estimate of drug-likeness (QED) is 0.239. The van der Waals surface area contributed by atoms with Crippen molar-refractivity contribution in [3.8, 4) is 17.5 Å². The Balaban J connectivity index is 1.65. The number of rotatable bonds is 6. The highest BCUT2D eigenvalue weighted by molar-refractivity contribution is 6.03. The van der Waals surface area contributed by atoms with Crippen LogP contribution in [0.15, 0.2) is 83.4 Å². The molecule has 0 aliphatic heterocycles. The second kappa shape index (κ2) is 11.4. The molecule has 0 aliphatic rings. The van der Waals surface area contributed by atoms with Crippen molar-refractivity contribution in [2.75, 3.05) is 5.73 Å². The number of halogens is 1. The predicted molar refractivity (Wildman–Crippen MR) is 161 cm³/mol. The zero-order valence-corrected chi connectivity index (χ0v) is 23.2. The molecule has 3 heterocycles. The van der Waals surface area contributed by atoms with Gasteiger partial charge in [0.2, 0.25) is 0 Å². The second-order valence-corrected chi connectivity index (χ2v) is 9.53. The van der Waals surface area contributed by atoms with Crippen LogP contribution in [0.4, 0.5) is 16.0 Å². The molecule has 5 rings (SSSR count). The maximum absolute atomic E-state index is 14.4. The molecule has 210 valence electrons. The molecule has 0 bridgehead atoms. The van der Waals surface area contributed by atoms with Crippen LogP contribution in [-0.2, 0) is 14.1 Å². The number of nitrogens with one attached hydrogen (secondary N) is 1. The first-order valence-corrected chi connectivity index (χ1v) is 12.9. The van der Waals surface area contributed by atoms with Gasteiger partial charge in [0.25, 0.3) is 11.5 Å². The number of amides is 1. The summed E-state index contributed by atoms with van der Waals surface area (Å²) in [5.41, 5.74) is 7.62. The lowest BCUT2D eigenvalue weighted by Gasteiger charge is -2.21. The highest BCUT2D eigenvalue weighted by Gasteiger charge is 2.25. The van der Waals surface area contributed by atoms with Crippen molar-refractivity contribution in [3.05, 3.63) is 112 Å². The van der Waals surface area contributed by atoms with Gasteiger partial charge < -0.3 is 11.1 Å². The summed E-state index contributed by atoms with van der Waals surface area (Å²) in [5.74, 6) is 5.31. The maximum atomic E-state index is 14.4. The molecule has 1 atom stereocenters. The molecule has 0 spiro atoms. The fourth-order valence-corrected chi connectivity index (χ4v) is 4.68. The number of carbonyl (C=O) groups excluding carboxylic acids is 1. The molecule has 1 amide bonds. The minimum Gasteiger partial charge on any atom is -0.381 e. The number of hydrogen-bond donors (Lipinski definition) is 2. The van der Waals surface area contributed by atoms with Gasteiger partial charge in [0.05, 0.1) is 28.9 Å². The highest BCUT2D eigenvalue weighted by Crippen LogP contribution is 2.27. The third-order valence-corrected chi connectivity index (χ3v) is 6.55. The van der Waals surface area contributed by atoms with Crippen LogP contribution in [0.2, 0.25) is 0 Å². The van der Waals surface area contributed by atoms with Crippen LogP contribution < -0.4 is 16.6 Å². The van der Waals surface area contributed by atoms with Crippen molar-refractivity contribution in [1.82, 2.24) is 29.4 Å². The highest BCUT2D eigenvalue weighted by atomic mass is 19.1. The van der Waals surface area contributed by atoms with Gasteiger partial charge in [0, 0.05) is 37.8 Å². The summed E-state index contributed by atoms with van der Waals surface area (Å²) in [6, 6.07) is 12.1. The molecule has 3 N–H and O–H groups in total. The number of aryl methyl sites for hydroxylation is 2. The monoisotopic (exact) mass is 562 g/mol. The summed E-state index contributed by atoms with van der Waals surface area (Å²) in [6.07, 6.45) is 6.30. The number of nitrogens with zero attached hydrogens (tertiary/aromatic N) is 6. The average molecular weight is 563 g/mol. The Kier molecular flexibility index (Phi) is 7.53. The number of aliphatic imine (C=N–C) groups is 1. The van der Waals surface area contributed by atoms with E-state index in [2.05, 4.69) is 38.9 Å². The Morgan fingerprint density at radius 3 is 2.69 bits per heavy atom. The van der Waals surface area contributed by atoms with Gasteiger partial charge in [0.1, 0.15) is 11.4 Å². The minimum absolute atomic E-state index is 0.00345. The lowest BCUT2D eigenvalue weighted by molar-refractivity contribution is 0.0940. The molecule has 2 aromatic carbocycles. The van der Waals surface area contributed by atoms with E-state index in [9.17, 15) is 14.0 Å². The van der Waals surface area contributed by atoms with E-state index in [-0.39, 0.29) is 17.2 Å². The molecule has 1 unspecified atom stereocenters. The van der Waals surface area contributed by atoms with Gasteiger partial charge in [-0.15, -0.1) is 0 Å². The smallest absolute Gasteiger partial charge is 0.264 e. The Morgan fingerprint density at radius 1 is 1.19 bits per heavy atom. The number of allylic oxidation sites excluding steroid dienone is 1. The van der Waals surface area contributed by atoms with Gasteiger partial charge in [-0.05, 0) is 42.6 Å². The lowest BCUT2D eigenvalue weighted by atomic mass is 10.0. The van der Waals surface area contributed by atoms with Crippen molar-refractivity contribution in [2.24, 2.45) is 19.1 Å². The molecule has 3 aromatic heterocycles. The number of carbonyl (C=O) groups is 1. The van der Waals surface area contributed by atoms with Crippen molar-refractivity contribution in [3.63, 3.8) is 0 Å². The molecule has 0 radical (unpaired) electrons. The van der Waals surface area contributed by atoms with E-state index >= 15 is 0 Å². The van der Waals surface area contributed by atoms with Crippen LogP contribution in [0, 0.1) is 17.7 Å². The van der Waals surface area contributed by atoms with Gasteiger partial charge in [-0.3, -0.25) is 18.8 Å². The molecule has 0 saturated carbocycles. The van der Waals surface area contributed by atoms with Gasteiger partial charge in [0.15, 0.2) is 11.6 Å². The van der Waals surface area contributed by atoms with Crippen LogP contribution in [-0.4, -0.2) is 36.2 Å². The van der Waals surface area contributed by atoms with Gasteiger partial charge in [-0.1, -0.05) is 42.7 Å². The number of anilines is 1. The van der Waals surface area contributed by atoms with Crippen LogP contribution >= 0.6 is 0 Å². The SMILES string of the molecule is C=C/C=N\c1c(C(=O)NC(C)c2cc3cccc(C#Cc4cnn(C)c4)c3c(=O)n2-c2cccc(F)c2)c(N)nn1C. The second-order valence-electron chi connectivity index (χ2n) is 9.53. The van der Waals surface area contributed by atoms with Gasteiger partial charge >= 0.3 is 0 Å². The Labute approximate surface area is 240 Å². The van der Waals surface area contributed by atoms with Crippen LogP contribution in [0.5, 0.6) is 0 Å². The van der Waals surface area contributed by atoms with Crippen molar-refractivity contribution in [2.45, 2.75) is 13.0 Å². The van der Waals surface area contributed by atoms with Crippen LogP contribution in [0.1, 0.15) is 40.1 Å². The summed E-state index contributed by atoms with van der Waals surface area (Å²) < 4.78 is 18.8. The number of benzene rings is 2. The summed E-state index contributed by atoms with van der Waals surface area (Å²) in [4.78, 5) is 31.9. The molecule has 5 aromatic rings. The van der Waals surface area contributed by atoms with Crippen LogP contribution in [0.3, 0.4) is 0 Å². The third-order valence-electron chi connectivity index (χ3n) is 6.55. The number of nitrogen functional groups attached to an aromatic ring is 1. The molecular weight excluding hydrogens is 535 g/mol. The summed E-state index contributed by atoms with van der Waals surface area (Å²) in [6.45, 7) is 5.33. The van der Waals surface area contributed by atoms with E-state index in [0.29, 0.717) is 33.3 Å². The Bertz CT molecular complexity index is 2000. The first kappa shape index (κ1) is 27.8. The van der Waals surface area contributed by atoms with E-state index in [4.69, 9.17) is 5.73 Å². The number of pyridine rings is 1. The number of aromatic nitrogens is 5. The van der Waals surface area contributed by atoms with E-state index < -0.39 is 23.3 Å². The molecule has 0 fully saturated rings. The summed E-state index contributed by atoms with van der Waals surface area (Å²) in [7, 11) is 3.41. The number of nitrogens with two attached hydrogens (primary N) is 1. The number of fused-ring (bicyclic) bond motifs is 1. The molecule has 11 heteroatoms. The molecule has 42 heavy (non-hydrogen) atoms. The topological polar surface area (TPSA) is 125 Å². The first-order valence-electron chi connectivity index (χ1n) is 12.9. The minimum atomic E-state index is -0.723. The van der Waals surface area contributed by atoms with Crippen molar-refractivity contribution < 1.29 is 9.18 Å². The van der Waals surface area contributed by atoms with E-state index in [0.717, 1.165) is 0 Å².